The van der Waals surface area contributed by atoms with Gasteiger partial charge in [-0.2, -0.15) is 0 Å². The summed E-state index contributed by atoms with van der Waals surface area (Å²) >= 11 is 6.71. The standard InChI is InChI=1S/C24H32N4O3S2/c1-3-5-6-7-9-15-28-23(30)19(33-24(28)32)17-18-21(25-13-11-16-31-4-2)26-20-12-8-10-14-27(20)22(18)29/h8,10,12,14,17,25H,3-7,9,11,13,15-16H2,1-2H3/b19-17-. The molecule has 0 atom stereocenters. The normalized spacial score (nSPS) is 15.2. The van der Waals surface area contributed by atoms with Crippen LogP contribution in [0.1, 0.15) is 57.9 Å². The number of fused-ring (bicyclic) bond motifs is 1. The molecule has 0 bridgehead atoms. The number of hydrogen-bond acceptors (Lipinski definition) is 7. The fourth-order valence-electron chi connectivity index (χ4n) is 3.59. The van der Waals surface area contributed by atoms with E-state index in [0.29, 0.717) is 52.6 Å². The number of ether oxygens (including phenoxy) is 1. The highest BCUT2D eigenvalue weighted by Crippen LogP contribution is 2.33. The van der Waals surface area contributed by atoms with E-state index in [9.17, 15) is 9.59 Å². The van der Waals surface area contributed by atoms with Crippen molar-refractivity contribution in [3.8, 4) is 0 Å². The average molecular weight is 489 g/mol. The van der Waals surface area contributed by atoms with Crippen LogP contribution in [0.25, 0.3) is 11.7 Å². The van der Waals surface area contributed by atoms with Gasteiger partial charge >= 0.3 is 0 Å². The molecule has 3 rings (SSSR count). The molecule has 2 aromatic rings. The van der Waals surface area contributed by atoms with Crippen molar-refractivity contribution >= 4 is 51.7 Å². The number of anilines is 1. The van der Waals surface area contributed by atoms with E-state index in [2.05, 4.69) is 17.2 Å². The minimum absolute atomic E-state index is 0.139. The number of rotatable bonds is 13. The molecule has 7 nitrogen and oxygen atoms in total. The van der Waals surface area contributed by atoms with E-state index in [4.69, 9.17) is 17.0 Å². The molecule has 0 spiro atoms. The molecular weight excluding hydrogens is 456 g/mol. The summed E-state index contributed by atoms with van der Waals surface area (Å²) in [4.78, 5) is 33.1. The van der Waals surface area contributed by atoms with Crippen LogP contribution in [0.5, 0.6) is 0 Å². The Kier molecular flexibility index (Phi) is 9.90. The maximum absolute atomic E-state index is 13.3. The Balaban J connectivity index is 1.83. The average Bonchev–Trinajstić information content (AvgIpc) is 3.08. The van der Waals surface area contributed by atoms with Gasteiger partial charge in [-0.15, -0.1) is 0 Å². The molecule has 0 unspecified atom stereocenters. The summed E-state index contributed by atoms with van der Waals surface area (Å²) in [7, 11) is 0. The number of unbranched alkanes of at least 4 members (excludes halogenated alkanes) is 4. The monoisotopic (exact) mass is 488 g/mol. The minimum Gasteiger partial charge on any atom is -0.382 e. The lowest BCUT2D eigenvalue weighted by atomic mass is 10.1. The highest BCUT2D eigenvalue weighted by molar-refractivity contribution is 8.26. The maximum atomic E-state index is 13.3. The summed E-state index contributed by atoms with van der Waals surface area (Å²) in [5.41, 5.74) is 0.683. The third kappa shape index (κ3) is 6.65. The molecule has 0 aromatic carbocycles. The van der Waals surface area contributed by atoms with Crippen LogP contribution >= 0.6 is 24.0 Å². The van der Waals surface area contributed by atoms with Crippen LogP contribution in [0.2, 0.25) is 0 Å². The number of carbonyl (C=O) groups is 1. The van der Waals surface area contributed by atoms with Gasteiger partial charge in [-0.1, -0.05) is 62.7 Å². The third-order valence-corrected chi connectivity index (χ3v) is 6.74. The Bertz CT molecular complexity index is 1070. The van der Waals surface area contributed by atoms with Crippen LogP contribution in [0.3, 0.4) is 0 Å². The zero-order valence-electron chi connectivity index (χ0n) is 19.3. The number of nitrogens with one attached hydrogen (secondary N) is 1. The van der Waals surface area contributed by atoms with Gasteiger partial charge in [0.15, 0.2) is 0 Å². The predicted octanol–water partition coefficient (Wildman–Crippen LogP) is 4.70. The summed E-state index contributed by atoms with van der Waals surface area (Å²) in [5.74, 6) is 0.327. The second-order valence-corrected chi connectivity index (χ2v) is 9.51. The van der Waals surface area contributed by atoms with E-state index >= 15 is 0 Å². The molecule has 9 heteroatoms. The molecule has 1 N–H and O–H groups in total. The molecule has 33 heavy (non-hydrogen) atoms. The highest BCUT2D eigenvalue weighted by atomic mass is 32.2. The first-order chi connectivity index (χ1) is 16.1. The molecule has 3 heterocycles. The van der Waals surface area contributed by atoms with Gasteiger partial charge in [-0.05, 0) is 38.0 Å². The molecule has 178 valence electrons. The fraction of sp³-hybridized carbons (Fsp3) is 0.500. The van der Waals surface area contributed by atoms with Crippen LogP contribution in [-0.4, -0.2) is 50.8 Å². The lowest BCUT2D eigenvalue weighted by Crippen LogP contribution is -2.29. The van der Waals surface area contributed by atoms with Crippen LogP contribution < -0.4 is 10.9 Å². The van der Waals surface area contributed by atoms with Gasteiger partial charge in [0.05, 0.1) is 10.5 Å². The van der Waals surface area contributed by atoms with E-state index < -0.39 is 0 Å². The number of thiocarbonyl (C=S) groups is 1. The molecule has 1 amide bonds. The molecule has 1 aliphatic rings. The van der Waals surface area contributed by atoms with E-state index in [1.54, 1.807) is 29.3 Å². The molecule has 1 fully saturated rings. The maximum Gasteiger partial charge on any atom is 0.267 e. The lowest BCUT2D eigenvalue weighted by Gasteiger charge is -2.14. The van der Waals surface area contributed by atoms with Crippen molar-refractivity contribution in [3.05, 3.63) is 45.2 Å². The molecule has 1 saturated heterocycles. The second kappa shape index (κ2) is 12.9. The number of hydrogen-bond donors (Lipinski definition) is 1. The number of aromatic nitrogens is 2. The first kappa shape index (κ1) is 25.4. The van der Waals surface area contributed by atoms with Crippen LogP contribution in [0.4, 0.5) is 5.82 Å². The zero-order valence-corrected chi connectivity index (χ0v) is 21.0. The molecule has 0 aliphatic carbocycles. The molecule has 2 aromatic heterocycles. The summed E-state index contributed by atoms with van der Waals surface area (Å²) in [6.45, 7) is 6.65. The summed E-state index contributed by atoms with van der Waals surface area (Å²) < 4.78 is 7.42. The third-order valence-electron chi connectivity index (χ3n) is 5.37. The van der Waals surface area contributed by atoms with Crippen molar-refractivity contribution in [2.75, 3.05) is 31.6 Å². The van der Waals surface area contributed by atoms with Crippen molar-refractivity contribution in [1.29, 1.82) is 0 Å². The van der Waals surface area contributed by atoms with Crippen LogP contribution in [-0.2, 0) is 9.53 Å². The van der Waals surface area contributed by atoms with Crippen LogP contribution in [0.15, 0.2) is 34.1 Å². The zero-order chi connectivity index (χ0) is 23.6. The number of pyridine rings is 1. The van der Waals surface area contributed by atoms with Crippen molar-refractivity contribution < 1.29 is 9.53 Å². The minimum atomic E-state index is -0.224. The Morgan fingerprint density at radius 2 is 1.97 bits per heavy atom. The van der Waals surface area contributed by atoms with Gasteiger partial charge in [0, 0.05) is 32.5 Å². The molecular formula is C24H32N4O3S2. The molecule has 1 aliphatic heterocycles. The van der Waals surface area contributed by atoms with Gasteiger partial charge in [0.1, 0.15) is 15.8 Å². The lowest BCUT2D eigenvalue weighted by molar-refractivity contribution is -0.122. The number of carbonyl (C=O) groups excluding carboxylic acids is 1. The molecule has 0 radical (unpaired) electrons. The fourth-order valence-corrected chi connectivity index (χ4v) is 4.88. The predicted molar refractivity (Wildman–Crippen MR) is 140 cm³/mol. The number of nitrogens with zero attached hydrogens (tertiary/aromatic N) is 3. The van der Waals surface area contributed by atoms with Crippen LogP contribution in [0, 0.1) is 0 Å². The van der Waals surface area contributed by atoms with Gasteiger partial charge in [-0.3, -0.25) is 18.9 Å². The first-order valence-corrected chi connectivity index (χ1v) is 12.9. The summed E-state index contributed by atoms with van der Waals surface area (Å²) in [6, 6.07) is 5.41. The van der Waals surface area contributed by atoms with E-state index in [1.165, 1.54) is 35.4 Å². The van der Waals surface area contributed by atoms with E-state index in [-0.39, 0.29) is 11.5 Å². The topological polar surface area (TPSA) is 75.9 Å². The van der Waals surface area contributed by atoms with E-state index in [0.717, 1.165) is 19.3 Å². The Labute approximate surface area is 204 Å². The number of amides is 1. The Hall–Kier alpha value is -2.23. The largest absolute Gasteiger partial charge is 0.382 e. The van der Waals surface area contributed by atoms with Crippen molar-refractivity contribution in [1.82, 2.24) is 14.3 Å². The van der Waals surface area contributed by atoms with E-state index in [1.807, 2.05) is 13.0 Å². The van der Waals surface area contributed by atoms with Gasteiger partial charge in [0.25, 0.3) is 11.5 Å². The van der Waals surface area contributed by atoms with Gasteiger partial charge in [-0.25, -0.2) is 4.98 Å². The second-order valence-electron chi connectivity index (χ2n) is 7.83. The first-order valence-electron chi connectivity index (χ1n) is 11.6. The smallest absolute Gasteiger partial charge is 0.267 e. The Morgan fingerprint density at radius 1 is 1.15 bits per heavy atom. The van der Waals surface area contributed by atoms with Crippen molar-refractivity contribution in [3.63, 3.8) is 0 Å². The van der Waals surface area contributed by atoms with Gasteiger partial charge in [0.2, 0.25) is 0 Å². The summed E-state index contributed by atoms with van der Waals surface area (Å²) in [6.07, 6.45) is 9.65. The SMILES string of the molecule is CCCCCCCN1C(=O)/C(=C/c2c(NCCCOCC)nc3ccccn3c2=O)SC1=S. The quantitative estimate of drug-likeness (QED) is 0.249. The highest BCUT2D eigenvalue weighted by Gasteiger charge is 2.32. The molecule has 0 saturated carbocycles. The number of thioether (sulfide) groups is 1. The van der Waals surface area contributed by atoms with Crippen molar-refractivity contribution in [2.24, 2.45) is 0 Å². The van der Waals surface area contributed by atoms with Crippen molar-refractivity contribution in [2.45, 2.75) is 52.4 Å². The van der Waals surface area contributed by atoms with Gasteiger partial charge < -0.3 is 10.1 Å². The summed E-state index contributed by atoms with van der Waals surface area (Å²) in [5, 5.41) is 3.25. The Morgan fingerprint density at radius 3 is 2.76 bits per heavy atom.